The second-order valence-electron chi connectivity index (χ2n) is 5.20. The Balaban J connectivity index is 1.66. The lowest BCUT2D eigenvalue weighted by Crippen LogP contribution is -2.45. The molecule has 0 bridgehead atoms. The lowest BCUT2D eigenvalue weighted by Gasteiger charge is -2.32. The largest absolute Gasteiger partial charge is 0.354 e. The molecule has 1 heterocycles. The third-order valence-corrected chi connectivity index (χ3v) is 3.76. The highest BCUT2D eigenvalue weighted by Crippen LogP contribution is 2.27. The number of hydrogen-bond acceptors (Lipinski definition) is 3. The minimum absolute atomic E-state index is 0.0913. The molecule has 0 aromatic rings. The van der Waals surface area contributed by atoms with Gasteiger partial charge in [0.25, 0.3) is 0 Å². The Hall–Kier alpha value is -0.610. The van der Waals surface area contributed by atoms with Gasteiger partial charge in [-0.3, -0.25) is 9.69 Å². The summed E-state index contributed by atoms with van der Waals surface area (Å²) in [7, 11) is 0. The highest BCUT2D eigenvalue weighted by molar-refractivity contribution is 5.82. The molecular weight excluding hydrogens is 202 g/mol. The highest BCUT2D eigenvalue weighted by atomic mass is 16.2. The lowest BCUT2D eigenvalue weighted by atomic mass is 10.1. The van der Waals surface area contributed by atoms with Crippen LogP contribution in [0.3, 0.4) is 0 Å². The molecule has 2 rings (SSSR count). The number of nitrogens with zero attached hydrogens (tertiary/aromatic N) is 1. The number of nitrogens with one attached hydrogen (secondary N) is 1. The Morgan fingerprint density at radius 2 is 2.06 bits per heavy atom. The van der Waals surface area contributed by atoms with Crippen molar-refractivity contribution in [1.29, 1.82) is 0 Å². The van der Waals surface area contributed by atoms with Crippen LogP contribution in [0.15, 0.2) is 0 Å². The van der Waals surface area contributed by atoms with E-state index in [1.54, 1.807) is 0 Å². The van der Waals surface area contributed by atoms with Gasteiger partial charge in [0.05, 0.1) is 5.92 Å². The molecule has 92 valence electrons. The van der Waals surface area contributed by atoms with Crippen molar-refractivity contribution in [2.24, 2.45) is 11.7 Å². The van der Waals surface area contributed by atoms with Crippen molar-refractivity contribution in [3.8, 4) is 0 Å². The number of carbonyl (C=O) groups excluding carboxylic acids is 1. The van der Waals surface area contributed by atoms with Crippen LogP contribution < -0.4 is 11.1 Å². The summed E-state index contributed by atoms with van der Waals surface area (Å²) < 4.78 is 0. The fraction of sp³-hybridized carbons (Fsp3) is 0.917. The van der Waals surface area contributed by atoms with Crippen LogP contribution >= 0.6 is 0 Å². The Morgan fingerprint density at radius 1 is 1.44 bits per heavy atom. The first kappa shape index (κ1) is 11.9. The molecule has 1 saturated carbocycles. The van der Waals surface area contributed by atoms with Crippen LogP contribution in [0.25, 0.3) is 0 Å². The van der Waals surface area contributed by atoms with Crippen LogP contribution in [0.2, 0.25) is 0 Å². The number of carbonyl (C=O) groups is 1. The second-order valence-corrected chi connectivity index (χ2v) is 5.20. The topological polar surface area (TPSA) is 58.4 Å². The van der Waals surface area contributed by atoms with Gasteiger partial charge in [0.2, 0.25) is 5.91 Å². The van der Waals surface area contributed by atoms with E-state index < -0.39 is 0 Å². The first-order valence-corrected chi connectivity index (χ1v) is 6.46. The molecule has 0 spiro atoms. The highest BCUT2D eigenvalue weighted by Gasteiger charge is 2.39. The van der Waals surface area contributed by atoms with Crippen molar-refractivity contribution in [2.45, 2.75) is 44.7 Å². The second kappa shape index (κ2) is 5.15. The average molecular weight is 225 g/mol. The molecule has 4 heteroatoms. The predicted octanol–water partition coefficient (Wildman–Crippen LogP) is 0.324. The van der Waals surface area contributed by atoms with Gasteiger partial charge in [-0.05, 0) is 39.3 Å². The SMILES string of the molecule is CC(CNC(=O)C1CC1N)N1CCCCC1. The van der Waals surface area contributed by atoms with Crippen LogP contribution in [0.1, 0.15) is 32.6 Å². The Labute approximate surface area is 97.6 Å². The van der Waals surface area contributed by atoms with Crippen molar-refractivity contribution >= 4 is 5.91 Å². The Kier molecular flexibility index (Phi) is 3.82. The van der Waals surface area contributed by atoms with Crippen LogP contribution in [-0.4, -0.2) is 42.5 Å². The summed E-state index contributed by atoms with van der Waals surface area (Å²) in [5.74, 6) is 0.241. The summed E-state index contributed by atoms with van der Waals surface area (Å²) >= 11 is 0. The molecule has 1 amide bonds. The maximum atomic E-state index is 11.6. The summed E-state index contributed by atoms with van der Waals surface area (Å²) in [4.78, 5) is 14.1. The van der Waals surface area contributed by atoms with Gasteiger partial charge in [0, 0.05) is 18.6 Å². The van der Waals surface area contributed by atoms with Gasteiger partial charge in [-0.15, -0.1) is 0 Å². The van der Waals surface area contributed by atoms with Crippen molar-refractivity contribution in [1.82, 2.24) is 10.2 Å². The zero-order valence-corrected chi connectivity index (χ0v) is 10.1. The number of hydrogen-bond donors (Lipinski definition) is 2. The molecule has 1 aliphatic carbocycles. The van der Waals surface area contributed by atoms with Crippen LogP contribution in [-0.2, 0) is 4.79 Å². The van der Waals surface area contributed by atoms with E-state index in [1.165, 1.54) is 32.4 Å². The zero-order chi connectivity index (χ0) is 11.5. The van der Waals surface area contributed by atoms with Gasteiger partial charge in [-0.2, -0.15) is 0 Å². The normalized spacial score (nSPS) is 32.1. The first-order valence-electron chi connectivity index (χ1n) is 6.46. The molecule has 0 aromatic heterocycles. The van der Waals surface area contributed by atoms with Crippen molar-refractivity contribution in [3.63, 3.8) is 0 Å². The fourth-order valence-electron chi connectivity index (χ4n) is 2.38. The predicted molar refractivity (Wildman–Crippen MR) is 64.0 cm³/mol. The number of piperidine rings is 1. The van der Waals surface area contributed by atoms with Gasteiger partial charge in [-0.1, -0.05) is 6.42 Å². The maximum absolute atomic E-state index is 11.6. The van der Waals surface area contributed by atoms with Crippen molar-refractivity contribution in [3.05, 3.63) is 0 Å². The molecule has 2 fully saturated rings. The molecule has 1 aliphatic heterocycles. The van der Waals surface area contributed by atoms with E-state index in [2.05, 4.69) is 17.1 Å². The smallest absolute Gasteiger partial charge is 0.224 e. The van der Waals surface area contributed by atoms with E-state index >= 15 is 0 Å². The minimum atomic E-state index is 0.0913. The zero-order valence-electron chi connectivity index (χ0n) is 10.1. The molecule has 4 nitrogen and oxygen atoms in total. The number of rotatable bonds is 4. The maximum Gasteiger partial charge on any atom is 0.224 e. The van der Waals surface area contributed by atoms with Gasteiger partial charge in [0.1, 0.15) is 0 Å². The molecule has 3 atom stereocenters. The summed E-state index contributed by atoms with van der Waals surface area (Å²) in [6.45, 7) is 5.32. The summed E-state index contributed by atoms with van der Waals surface area (Å²) in [5, 5.41) is 3.01. The molecule has 3 N–H and O–H groups in total. The number of amides is 1. The summed E-state index contributed by atoms with van der Waals surface area (Å²) in [6, 6.07) is 0.574. The number of nitrogens with two attached hydrogens (primary N) is 1. The van der Waals surface area contributed by atoms with E-state index in [4.69, 9.17) is 5.73 Å². The number of likely N-dealkylation sites (tertiary alicyclic amines) is 1. The molecule has 2 aliphatic rings. The average Bonchev–Trinajstić information content (AvgIpc) is 3.04. The van der Waals surface area contributed by atoms with Gasteiger partial charge < -0.3 is 11.1 Å². The third-order valence-electron chi connectivity index (χ3n) is 3.76. The quantitative estimate of drug-likeness (QED) is 0.724. The Bertz CT molecular complexity index is 251. The molecule has 16 heavy (non-hydrogen) atoms. The van der Waals surface area contributed by atoms with E-state index in [0.29, 0.717) is 6.04 Å². The Morgan fingerprint density at radius 3 is 2.62 bits per heavy atom. The third kappa shape index (κ3) is 2.95. The van der Waals surface area contributed by atoms with Gasteiger partial charge in [0.15, 0.2) is 0 Å². The van der Waals surface area contributed by atoms with E-state index in [0.717, 1.165) is 13.0 Å². The van der Waals surface area contributed by atoms with E-state index in [1.807, 2.05) is 0 Å². The summed E-state index contributed by atoms with van der Waals surface area (Å²) in [5.41, 5.74) is 5.65. The minimum Gasteiger partial charge on any atom is -0.354 e. The molecule has 1 saturated heterocycles. The van der Waals surface area contributed by atoms with Crippen LogP contribution in [0.4, 0.5) is 0 Å². The van der Waals surface area contributed by atoms with Crippen LogP contribution in [0.5, 0.6) is 0 Å². The van der Waals surface area contributed by atoms with Gasteiger partial charge in [-0.25, -0.2) is 0 Å². The van der Waals surface area contributed by atoms with Crippen molar-refractivity contribution in [2.75, 3.05) is 19.6 Å². The van der Waals surface area contributed by atoms with Crippen molar-refractivity contribution < 1.29 is 4.79 Å². The lowest BCUT2D eigenvalue weighted by molar-refractivity contribution is -0.122. The monoisotopic (exact) mass is 225 g/mol. The first-order chi connectivity index (χ1) is 7.68. The molecule has 0 aromatic carbocycles. The molecular formula is C12H23N3O. The van der Waals surface area contributed by atoms with Gasteiger partial charge >= 0.3 is 0 Å². The van der Waals surface area contributed by atoms with E-state index in [-0.39, 0.29) is 17.9 Å². The molecule has 3 unspecified atom stereocenters. The standard InChI is InChI=1S/C12H23N3O/c1-9(15-5-3-2-4-6-15)8-14-12(16)10-7-11(10)13/h9-11H,2-8,13H2,1H3,(H,14,16). The fourth-order valence-corrected chi connectivity index (χ4v) is 2.38. The van der Waals surface area contributed by atoms with E-state index in [9.17, 15) is 4.79 Å². The summed E-state index contributed by atoms with van der Waals surface area (Å²) in [6.07, 6.45) is 4.81. The van der Waals surface area contributed by atoms with Crippen LogP contribution in [0, 0.1) is 5.92 Å². The molecule has 0 radical (unpaired) electrons.